The fraction of sp³-hybridized carbons (Fsp3) is 0.286. The normalized spacial score (nSPS) is 26.1. The first-order valence-electron chi connectivity index (χ1n) is 9.16. The van der Waals surface area contributed by atoms with Crippen molar-refractivity contribution in [2.75, 3.05) is 19.0 Å². The third-order valence-corrected chi connectivity index (χ3v) is 6.25. The topological polar surface area (TPSA) is 84.3 Å². The number of rotatable bonds is 4. The average Bonchev–Trinajstić information content (AvgIpc) is 3.13. The molecule has 2 aliphatic rings. The molecular weight excluding hydrogens is 413 g/mol. The minimum Gasteiger partial charge on any atom is -0.379 e. The Hall–Kier alpha value is -2.83. The summed E-state index contributed by atoms with van der Waals surface area (Å²) in [6, 6.07) is 8.91. The van der Waals surface area contributed by atoms with Crippen LogP contribution in [0.1, 0.15) is 22.4 Å². The van der Waals surface area contributed by atoms with Gasteiger partial charge in [0.25, 0.3) is 0 Å². The number of hydrogen-bond acceptors (Lipinski definition) is 6. The van der Waals surface area contributed by atoms with Gasteiger partial charge in [-0.05, 0) is 35.9 Å². The largest absolute Gasteiger partial charge is 0.379 e. The van der Waals surface area contributed by atoms with E-state index in [9.17, 15) is 13.2 Å². The predicted molar refractivity (Wildman–Crippen MR) is 109 cm³/mol. The van der Waals surface area contributed by atoms with Gasteiger partial charge in [0.1, 0.15) is 29.9 Å². The van der Waals surface area contributed by atoms with Crippen LogP contribution in [0.25, 0.3) is 11.9 Å². The van der Waals surface area contributed by atoms with Crippen molar-refractivity contribution in [3.05, 3.63) is 64.7 Å². The highest BCUT2D eigenvalue weighted by atomic mass is 32.2. The van der Waals surface area contributed by atoms with Crippen LogP contribution in [0.15, 0.2) is 41.5 Å². The third-order valence-electron chi connectivity index (χ3n) is 5.34. The van der Waals surface area contributed by atoms with Crippen molar-refractivity contribution < 1.29 is 17.9 Å². The molecule has 2 aromatic rings. The first-order chi connectivity index (χ1) is 14.5. The van der Waals surface area contributed by atoms with Gasteiger partial charge >= 0.3 is 0 Å². The van der Waals surface area contributed by atoms with Gasteiger partial charge in [0, 0.05) is 23.4 Å². The molecule has 2 aliphatic heterocycles. The molecule has 3 heterocycles. The lowest BCUT2D eigenvalue weighted by Gasteiger charge is -2.35. The zero-order valence-corrected chi connectivity index (χ0v) is 16.5. The second kappa shape index (κ2) is 8.13. The maximum absolute atomic E-state index is 14.9. The van der Waals surface area contributed by atoms with Crippen LogP contribution in [-0.4, -0.2) is 35.3 Å². The fourth-order valence-electron chi connectivity index (χ4n) is 3.81. The van der Waals surface area contributed by atoms with E-state index in [0.29, 0.717) is 16.9 Å². The van der Waals surface area contributed by atoms with Crippen LogP contribution in [-0.2, 0) is 10.3 Å². The lowest BCUT2D eigenvalue weighted by atomic mass is 9.78. The summed E-state index contributed by atoms with van der Waals surface area (Å²) in [6.45, 7) is -0.708. The zero-order valence-electron chi connectivity index (χ0n) is 15.7. The summed E-state index contributed by atoms with van der Waals surface area (Å²) < 4.78 is 48.6. The van der Waals surface area contributed by atoms with E-state index >= 15 is 0 Å². The molecule has 4 rings (SSSR count). The Kier molecular flexibility index (Phi) is 5.54. The number of hydrogen-bond donors (Lipinski definition) is 1. The quantitative estimate of drug-likeness (QED) is 0.798. The highest BCUT2D eigenvalue weighted by Crippen LogP contribution is 2.48. The lowest BCUT2D eigenvalue weighted by molar-refractivity contribution is 0.0721. The van der Waals surface area contributed by atoms with Crippen LogP contribution >= 0.6 is 11.8 Å². The summed E-state index contributed by atoms with van der Waals surface area (Å²) in [5, 5.41) is 9.10. The molecule has 30 heavy (non-hydrogen) atoms. The van der Waals surface area contributed by atoms with Crippen LogP contribution in [0, 0.1) is 23.1 Å². The lowest BCUT2D eigenvalue weighted by Crippen LogP contribution is -2.42. The van der Waals surface area contributed by atoms with E-state index in [0.717, 1.165) is 0 Å². The van der Waals surface area contributed by atoms with Gasteiger partial charge < -0.3 is 10.5 Å². The number of pyridine rings is 1. The van der Waals surface area contributed by atoms with Gasteiger partial charge in [0.15, 0.2) is 5.17 Å². The highest BCUT2D eigenvalue weighted by Gasteiger charge is 2.54. The van der Waals surface area contributed by atoms with Crippen LogP contribution in [0.4, 0.5) is 13.2 Å². The molecule has 1 saturated heterocycles. The monoisotopic (exact) mass is 430 g/mol. The molecule has 3 atom stereocenters. The van der Waals surface area contributed by atoms with Crippen molar-refractivity contribution in [2.45, 2.75) is 11.6 Å². The highest BCUT2D eigenvalue weighted by molar-refractivity contribution is 8.13. The van der Waals surface area contributed by atoms with E-state index in [-0.39, 0.29) is 23.0 Å². The van der Waals surface area contributed by atoms with Crippen molar-refractivity contribution in [3.63, 3.8) is 0 Å². The van der Waals surface area contributed by atoms with Crippen molar-refractivity contribution >= 4 is 28.8 Å². The number of nitriles is 1. The van der Waals surface area contributed by atoms with E-state index in [1.807, 2.05) is 6.07 Å². The predicted octanol–water partition coefficient (Wildman–Crippen LogP) is 3.80. The second-order valence-electron chi connectivity index (χ2n) is 7.07. The van der Waals surface area contributed by atoms with Crippen molar-refractivity contribution in [3.8, 4) is 6.07 Å². The Morgan fingerprint density at radius 3 is 2.93 bits per heavy atom. The number of nitrogens with two attached hydrogens (primary N) is 1. The average molecular weight is 430 g/mol. The smallest absolute Gasteiger partial charge is 0.154 e. The zero-order chi connectivity index (χ0) is 21.3. The minimum absolute atomic E-state index is 0.00272. The molecule has 2 N–H and O–H groups in total. The van der Waals surface area contributed by atoms with Gasteiger partial charge in [0.2, 0.25) is 0 Å². The van der Waals surface area contributed by atoms with E-state index in [1.165, 1.54) is 54.4 Å². The number of aromatic nitrogens is 1. The van der Waals surface area contributed by atoms with E-state index in [4.69, 9.17) is 15.7 Å². The fourth-order valence-corrected chi connectivity index (χ4v) is 4.87. The Morgan fingerprint density at radius 2 is 2.23 bits per heavy atom. The summed E-state index contributed by atoms with van der Waals surface area (Å²) in [4.78, 5) is 8.39. The number of aliphatic imine (C=N–C) groups is 1. The molecule has 0 bridgehead atoms. The molecule has 154 valence electrons. The van der Waals surface area contributed by atoms with Gasteiger partial charge in [-0.3, -0.25) is 4.98 Å². The number of fused-ring (bicyclic) bond motifs is 1. The number of alkyl halides is 1. The van der Waals surface area contributed by atoms with Crippen molar-refractivity contribution in [1.82, 2.24) is 4.98 Å². The number of amidine groups is 1. The van der Waals surface area contributed by atoms with Crippen LogP contribution in [0.2, 0.25) is 0 Å². The second-order valence-corrected chi connectivity index (χ2v) is 8.11. The number of ether oxygens (including phenoxy) is 1. The van der Waals surface area contributed by atoms with Crippen LogP contribution < -0.4 is 5.73 Å². The Labute approximate surface area is 175 Å². The molecule has 0 amide bonds. The van der Waals surface area contributed by atoms with Crippen molar-refractivity contribution in [1.29, 1.82) is 5.26 Å². The van der Waals surface area contributed by atoms with E-state index in [1.54, 1.807) is 0 Å². The molecule has 0 saturated carbocycles. The Bertz CT molecular complexity index is 1070. The van der Waals surface area contributed by atoms with Crippen LogP contribution in [0.3, 0.4) is 0 Å². The molecule has 0 unspecified atom stereocenters. The molecule has 5 nitrogen and oxygen atoms in total. The number of halogens is 3. The van der Waals surface area contributed by atoms with Gasteiger partial charge in [-0.15, -0.1) is 0 Å². The molecule has 0 spiro atoms. The molecule has 1 fully saturated rings. The molecule has 9 heteroatoms. The summed E-state index contributed by atoms with van der Waals surface area (Å²) in [5.74, 6) is -1.12. The third kappa shape index (κ3) is 3.57. The summed E-state index contributed by atoms with van der Waals surface area (Å²) in [6.07, 6.45) is 1.79. The van der Waals surface area contributed by atoms with Gasteiger partial charge in [-0.25, -0.2) is 18.2 Å². The van der Waals surface area contributed by atoms with E-state index < -0.39 is 35.9 Å². The number of benzene rings is 1. The van der Waals surface area contributed by atoms with Gasteiger partial charge in [-0.1, -0.05) is 17.8 Å². The number of nitrogens with zero attached hydrogens (tertiary/aromatic N) is 3. The molecular formula is C21H17F3N4OS. The standard InChI is InChI=1S/C21H17F3N4OS/c22-7-19-15-10-30-20(26)28-21(15,11-29-19)14-5-12(1-3-16(14)23)6-17(24)18-4-2-13(8-25)9-27-18/h1-6,9,15,19H,7,10-11H2,(H2,26,28)/b17-6-/t15-,19-,21-/m1/s1. The van der Waals surface area contributed by atoms with E-state index in [2.05, 4.69) is 9.98 Å². The summed E-state index contributed by atoms with van der Waals surface area (Å²) in [7, 11) is 0. The first-order valence-corrected chi connectivity index (χ1v) is 10.1. The van der Waals surface area contributed by atoms with Crippen molar-refractivity contribution in [2.24, 2.45) is 16.6 Å². The molecule has 0 aliphatic carbocycles. The molecule has 1 aromatic heterocycles. The molecule has 0 radical (unpaired) electrons. The summed E-state index contributed by atoms with van der Waals surface area (Å²) >= 11 is 1.28. The van der Waals surface area contributed by atoms with Gasteiger partial charge in [0.05, 0.1) is 24.0 Å². The molecule has 1 aromatic carbocycles. The Balaban J connectivity index is 1.74. The number of thioether (sulfide) groups is 1. The minimum atomic E-state index is -1.15. The summed E-state index contributed by atoms with van der Waals surface area (Å²) in [5.41, 5.74) is 5.71. The maximum Gasteiger partial charge on any atom is 0.154 e. The maximum atomic E-state index is 14.9. The SMILES string of the molecule is N#Cc1ccc(/C(F)=C/c2ccc(F)c([C@]34CO[C@H](CF)[C@H]3CSC(N)=N4)c2)nc1. The first kappa shape index (κ1) is 20.4. The van der Waals surface area contributed by atoms with Gasteiger partial charge in [-0.2, -0.15) is 5.26 Å². The van der Waals surface area contributed by atoms with Crippen LogP contribution in [0.5, 0.6) is 0 Å². The Morgan fingerprint density at radius 1 is 1.40 bits per heavy atom.